The lowest BCUT2D eigenvalue weighted by Gasteiger charge is -2.12. The second-order valence-electron chi connectivity index (χ2n) is 4.39. The highest BCUT2D eigenvalue weighted by Crippen LogP contribution is 2.24. The Kier molecular flexibility index (Phi) is 3.10. The Morgan fingerprint density at radius 3 is 2.74 bits per heavy atom. The summed E-state index contributed by atoms with van der Waals surface area (Å²) in [6, 6.07) is 3.74. The Labute approximate surface area is 123 Å². The van der Waals surface area contributed by atoms with Gasteiger partial charge in [-0.05, 0) is 39.4 Å². The molecule has 2 aliphatic carbocycles. The summed E-state index contributed by atoms with van der Waals surface area (Å²) in [6.45, 7) is 0. The summed E-state index contributed by atoms with van der Waals surface area (Å²) >= 11 is 2.03. The zero-order valence-corrected chi connectivity index (χ0v) is 12.1. The summed E-state index contributed by atoms with van der Waals surface area (Å²) < 4.78 is 0.672. The van der Waals surface area contributed by atoms with Gasteiger partial charge in [0.05, 0.1) is 13.7 Å². The van der Waals surface area contributed by atoms with Gasteiger partial charge in [0.15, 0.2) is 0 Å². The van der Waals surface area contributed by atoms with Gasteiger partial charge in [0.1, 0.15) is 0 Å². The Morgan fingerprint density at radius 1 is 1.16 bits per heavy atom. The highest BCUT2D eigenvalue weighted by atomic mass is 127. The van der Waals surface area contributed by atoms with E-state index in [9.17, 15) is 10.1 Å². The van der Waals surface area contributed by atoms with Crippen LogP contribution in [-0.4, -0.2) is 4.92 Å². The van der Waals surface area contributed by atoms with Crippen molar-refractivity contribution < 1.29 is 4.92 Å². The van der Waals surface area contributed by atoms with Gasteiger partial charge in [-0.2, -0.15) is 0 Å². The van der Waals surface area contributed by atoms with Gasteiger partial charge >= 0.3 is 0 Å². The third-order valence-electron chi connectivity index (χ3n) is 3.29. The number of rotatable bonds is 1. The zero-order chi connectivity index (χ0) is 13.4. The fourth-order valence-corrected chi connectivity index (χ4v) is 3.10. The van der Waals surface area contributed by atoms with E-state index < -0.39 is 0 Å². The number of nitro benzene ring substituents is 1. The third-order valence-corrected chi connectivity index (χ3v) is 4.16. The van der Waals surface area contributed by atoms with Crippen molar-refractivity contribution >= 4 is 39.9 Å². The lowest BCUT2D eigenvalue weighted by molar-refractivity contribution is -0.386. The van der Waals surface area contributed by atoms with Crippen LogP contribution in [0.1, 0.15) is 0 Å². The number of fused-ring (bicyclic) bond motifs is 2. The van der Waals surface area contributed by atoms with E-state index in [1.54, 1.807) is 6.07 Å². The Morgan fingerprint density at radius 2 is 1.95 bits per heavy atom. The van der Waals surface area contributed by atoms with E-state index >= 15 is 0 Å². The zero-order valence-electron chi connectivity index (χ0n) is 9.92. The highest BCUT2D eigenvalue weighted by molar-refractivity contribution is 14.1. The summed E-state index contributed by atoms with van der Waals surface area (Å²) in [5.74, 6) is 0.111. The predicted molar refractivity (Wildman–Crippen MR) is 83.8 cm³/mol. The van der Waals surface area contributed by atoms with Crippen molar-refractivity contribution in [3.63, 3.8) is 0 Å². The van der Waals surface area contributed by atoms with Gasteiger partial charge in [-0.15, -0.1) is 0 Å². The molecule has 19 heavy (non-hydrogen) atoms. The van der Waals surface area contributed by atoms with Crippen molar-refractivity contribution in [2.45, 2.75) is 0 Å². The smallest absolute Gasteiger partial charge is 0.258 e. The van der Waals surface area contributed by atoms with E-state index in [1.807, 2.05) is 59.0 Å². The average Bonchev–Trinajstić information content (AvgIpc) is 2.58. The summed E-state index contributed by atoms with van der Waals surface area (Å²) in [5, 5.41) is 13.0. The van der Waals surface area contributed by atoms with Crippen molar-refractivity contribution in [2.75, 3.05) is 0 Å². The Bertz CT molecular complexity index is 772. The van der Waals surface area contributed by atoms with Crippen LogP contribution in [0.5, 0.6) is 0 Å². The monoisotopic (exact) mass is 363 g/mol. The largest absolute Gasteiger partial charge is 0.290 e. The molecule has 0 heterocycles. The number of hydrogen-bond acceptors (Lipinski definition) is 2. The highest BCUT2D eigenvalue weighted by Gasteiger charge is 2.20. The molecule has 0 fully saturated rings. The number of hydrogen-bond donors (Lipinski definition) is 0. The minimum Gasteiger partial charge on any atom is -0.258 e. The lowest BCUT2D eigenvalue weighted by Crippen LogP contribution is -2.31. The minimum atomic E-state index is -0.282. The number of allylic oxidation sites excluding steroid dienone is 6. The molecule has 0 aromatic heterocycles. The van der Waals surface area contributed by atoms with Crippen LogP contribution in [0, 0.1) is 19.6 Å². The fraction of sp³-hybridized carbons (Fsp3) is 0.0667. The standard InChI is InChI=1S/C15H10INO2/c16-13-9-8-11-6-3-5-10-4-1-2-7-12(10)14(11)15(13)17(18)19/h1-10H. The molecule has 1 atom stereocenters. The summed E-state index contributed by atoms with van der Waals surface area (Å²) in [7, 11) is 0. The Balaban J connectivity index is 2.53. The van der Waals surface area contributed by atoms with Crippen LogP contribution >= 0.6 is 22.6 Å². The van der Waals surface area contributed by atoms with Gasteiger partial charge in [-0.3, -0.25) is 10.1 Å². The molecule has 2 aliphatic rings. The number of benzene rings is 1. The van der Waals surface area contributed by atoms with Crippen molar-refractivity contribution in [1.29, 1.82) is 0 Å². The number of nitro groups is 1. The topological polar surface area (TPSA) is 43.1 Å². The molecule has 0 spiro atoms. The van der Waals surface area contributed by atoms with E-state index in [2.05, 4.69) is 12.2 Å². The maximum atomic E-state index is 11.4. The van der Waals surface area contributed by atoms with E-state index in [1.165, 1.54) is 0 Å². The van der Waals surface area contributed by atoms with E-state index in [4.69, 9.17) is 0 Å². The van der Waals surface area contributed by atoms with Gasteiger partial charge in [0, 0.05) is 5.92 Å². The van der Waals surface area contributed by atoms with Crippen LogP contribution in [0.25, 0.3) is 11.6 Å². The van der Waals surface area contributed by atoms with Crippen molar-refractivity contribution in [3.05, 3.63) is 72.7 Å². The van der Waals surface area contributed by atoms with Gasteiger partial charge in [-0.25, -0.2) is 0 Å². The molecule has 1 unspecified atom stereocenters. The quantitative estimate of drug-likeness (QED) is 0.437. The van der Waals surface area contributed by atoms with Crippen LogP contribution in [0.4, 0.5) is 5.69 Å². The molecule has 3 nitrogen and oxygen atoms in total. The molecular weight excluding hydrogens is 353 g/mol. The Hall–Kier alpha value is -1.69. The van der Waals surface area contributed by atoms with Gasteiger partial charge in [0.25, 0.3) is 5.69 Å². The van der Waals surface area contributed by atoms with Crippen molar-refractivity contribution in [1.82, 2.24) is 0 Å². The van der Waals surface area contributed by atoms with Crippen LogP contribution < -0.4 is 10.4 Å². The summed E-state index contributed by atoms with van der Waals surface area (Å²) in [4.78, 5) is 11.1. The molecule has 0 amide bonds. The lowest BCUT2D eigenvalue weighted by atomic mass is 9.92. The van der Waals surface area contributed by atoms with Crippen LogP contribution in [0.15, 0.2) is 48.6 Å². The van der Waals surface area contributed by atoms with Crippen LogP contribution in [0.2, 0.25) is 0 Å². The van der Waals surface area contributed by atoms with Gasteiger partial charge < -0.3 is 0 Å². The first-order chi connectivity index (χ1) is 9.18. The molecule has 0 radical (unpaired) electrons. The second-order valence-corrected chi connectivity index (χ2v) is 5.56. The molecule has 1 aromatic rings. The molecular formula is C15H10INO2. The minimum absolute atomic E-state index is 0.111. The molecule has 3 rings (SSSR count). The van der Waals surface area contributed by atoms with E-state index in [0.29, 0.717) is 3.57 Å². The summed E-state index contributed by atoms with van der Waals surface area (Å²) in [5.41, 5.74) is 1.20. The second kappa shape index (κ2) is 4.77. The number of halogens is 1. The molecule has 0 aliphatic heterocycles. The average molecular weight is 363 g/mol. The third kappa shape index (κ3) is 2.06. The first kappa shape index (κ1) is 12.3. The van der Waals surface area contributed by atoms with Crippen LogP contribution in [-0.2, 0) is 0 Å². The van der Waals surface area contributed by atoms with Gasteiger partial charge in [0.2, 0.25) is 0 Å². The van der Waals surface area contributed by atoms with Crippen molar-refractivity contribution in [2.24, 2.45) is 5.92 Å². The number of nitrogens with zero attached hydrogens (tertiary/aromatic N) is 1. The van der Waals surface area contributed by atoms with E-state index in [0.717, 1.165) is 16.0 Å². The molecule has 1 aromatic carbocycles. The SMILES string of the molecule is O=[N+]([O-])c1c(I)ccc2c1=C1C=CC=CC1C=CC=2. The van der Waals surface area contributed by atoms with E-state index in [-0.39, 0.29) is 16.5 Å². The molecule has 0 N–H and O–H groups in total. The first-order valence-electron chi connectivity index (χ1n) is 5.89. The maximum Gasteiger partial charge on any atom is 0.290 e. The predicted octanol–water partition coefficient (Wildman–Crippen LogP) is 2.44. The van der Waals surface area contributed by atoms with Gasteiger partial charge in [-0.1, -0.05) is 48.6 Å². The fourth-order valence-electron chi connectivity index (χ4n) is 2.46. The molecule has 0 bridgehead atoms. The van der Waals surface area contributed by atoms with Crippen LogP contribution in [0.3, 0.4) is 0 Å². The maximum absolute atomic E-state index is 11.4. The molecule has 0 saturated heterocycles. The first-order valence-corrected chi connectivity index (χ1v) is 6.97. The molecule has 94 valence electrons. The molecule has 0 saturated carbocycles. The summed E-state index contributed by atoms with van der Waals surface area (Å²) in [6.07, 6.45) is 13.9. The van der Waals surface area contributed by atoms with Crippen molar-refractivity contribution in [3.8, 4) is 0 Å². The normalized spacial score (nSPS) is 19.4. The molecule has 4 heteroatoms.